The molecule has 0 amide bonds. The summed E-state index contributed by atoms with van der Waals surface area (Å²) >= 11 is 6.50. The summed E-state index contributed by atoms with van der Waals surface area (Å²) in [5.41, 5.74) is 3.06. The minimum Gasteiger partial charge on any atom is -0.465 e. The van der Waals surface area contributed by atoms with Crippen LogP contribution in [0.2, 0.25) is 5.02 Å². The lowest BCUT2D eigenvalue weighted by atomic mass is 10.1. The number of nitrogens with zero attached hydrogens (tertiary/aromatic N) is 1. The molecule has 2 rings (SSSR count). The highest BCUT2D eigenvalue weighted by Gasteiger charge is 2.25. The molecule has 4 nitrogen and oxygen atoms in total. The molecule has 22 heavy (non-hydrogen) atoms. The first-order valence-corrected chi connectivity index (χ1v) is 7.50. The van der Waals surface area contributed by atoms with Gasteiger partial charge in [-0.1, -0.05) is 41.9 Å². The number of benzene rings is 1. The molecule has 0 spiro atoms. The van der Waals surface area contributed by atoms with Crippen molar-refractivity contribution in [3.63, 3.8) is 0 Å². The summed E-state index contributed by atoms with van der Waals surface area (Å²) in [4.78, 5) is 12.0. The number of carbonyl (C=O) groups is 1. The zero-order valence-corrected chi connectivity index (χ0v) is 13.8. The highest BCUT2D eigenvalue weighted by atomic mass is 35.5. The number of esters is 1. The number of hydrogen-bond acceptors (Lipinski definition) is 3. The van der Waals surface area contributed by atoms with Gasteiger partial charge in [0, 0.05) is 26.0 Å². The molecule has 0 aliphatic heterocycles. The topological polar surface area (TPSA) is 40.5 Å². The second-order valence-electron chi connectivity index (χ2n) is 4.98. The maximum absolute atomic E-state index is 12.0. The molecule has 0 unspecified atom stereocenters. The first-order chi connectivity index (χ1) is 10.6. The van der Waals surface area contributed by atoms with E-state index in [0.717, 1.165) is 29.9 Å². The van der Waals surface area contributed by atoms with Gasteiger partial charge >= 0.3 is 5.97 Å². The molecule has 1 aromatic heterocycles. The second kappa shape index (κ2) is 7.47. The summed E-state index contributed by atoms with van der Waals surface area (Å²) in [6, 6.07) is 9.81. The van der Waals surface area contributed by atoms with Crippen LogP contribution < -0.4 is 0 Å². The van der Waals surface area contributed by atoms with Crippen LogP contribution in [0, 0.1) is 6.92 Å². The van der Waals surface area contributed by atoms with Gasteiger partial charge in [-0.05, 0) is 18.9 Å². The lowest BCUT2D eigenvalue weighted by molar-refractivity contribution is 0.0600. The van der Waals surface area contributed by atoms with Crippen molar-refractivity contribution in [3.05, 3.63) is 46.6 Å². The monoisotopic (exact) mass is 321 g/mol. The van der Waals surface area contributed by atoms with Crippen LogP contribution in [-0.4, -0.2) is 31.4 Å². The van der Waals surface area contributed by atoms with Gasteiger partial charge < -0.3 is 14.0 Å². The number of hydrogen-bond donors (Lipinski definition) is 0. The molecule has 0 saturated heterocycles. The minimum atomic E-state index is -0.412. The first-order valence-electron chi connectivity index (χ1n) is 7.13. The molecule has 0 fully saturated rings. The van der Waals surface area contributed by atoms with Gasteiger partial charge in [-0.25, -0.2) is 4.79 Å². The van der Waals surface area contributed by atoms with E-state index in [1.807, 2.05) is 37.3 Å². The number of halogens is 1. The Kier molecular flexibility index (Phi) is 5.63. The standard InChI is InChI=1S/C17H20ClNO3/c1-12-14(17(20)22-3)15(18)16(13-8-5-4-6-9-13)19(12)10-7-11-21-2/h4-6,8-9H,7,10-11H2,1-3H3. The summed E-state index contributed by atoms with van der Waals surface area (Å²) in [6.07, 6.45) is 0.836. The van der Waals surface area contributed by atoms with Crippen molar-refractivity contribution in [3.8, 4) is 11.3 Å². The zero-order chi connectivity index (χ0) is 16.1. The zero-order valence-electron chi connectivity index (χ0n) is 13.1. The number of methoxy groups -OCH3 is 2. The van der Waals surface area contributed by atoms with Crippen LogP contribution in [0.3, 0.4) is 0 Å². The van der Waals surface area contributed by atoms with Crippen molar-refractivity contribution in [2.45, 2.75) is 19.9 Å². The number of aromatic nitrogens is 1. The highest BCUT2D eigenvalue weighted by Crippen LogP contribution is 2.36. The van der Waals surface area contributed by atoms with E-state index in [-0.39, 0.29) is 0 Å². The summed E-state index contributed by atoms with van der Waals surface area (Å²) < 4.78 is 12.0. The molecule has 0 bridgehead atoms. The van der Waals surface area contributed by atoms with E-state index in [1.54, 1.807) is 7.11 Å². The van der Waals surface area contributed by atoms with E-state index < -0.39 is 5.97 Å². The molecular formula is C17H20ClNO3. The fourth-order valence-electron chi connectivity index (χ4n) is 2.56. The van der Waals surface area contributed by atoms with Gasteiger partial charge in [0.05, 0.1) is 23.4 Å². The molecule has 0 atom stereocenters. The van der Waals surface area contributed by atoms with E-state index in [2.05, 4.69) is 4.57 Å². The lowest BCUT2D eigenvalue weighted by Crippen LogP contribution is -2.07. The second-order valence-corrected chi connectivity index (χ2v) is 5.36. The maximum atomic E-state index is 12.0. The summed E-state index contributed by atoms with van der Waals surface area (Å²) in [5, 5.41) is 0.438. The average molecular weight is 322 g/mol. The molecule has 0 saturated carbocycles. The Morgan fingerprint density at radius 2 is 1.91 bits per heavy atom. The van der Waals surface area contributed by atoms with Crippen molar-refractivity contribution in [2.24, 2.45) is 0 Å². The van der Waals surface area contributed by atoms with Gasteiger partial charge in [-0.2, -0.15) is 0 Å². The number of carbonyl (C=O) groups excluding carboxylic acids is 1. The third-order valence-electron chi connectivity index (χ3n) is 3.63. The summed E-state index contributed by atoms with van der Waals surface area (Å²) in [5.74, 6) is -0.412. The van der Waals surface area contributed by atoms with E-state index in [1.165, 1.54) is 7.11 Å². The molecule has 0 N–H and O–H groups in total. The fraction of sp³-hybridized carbons (Fsp3) is 0.353. The fourth-order valence-corrected chi connectivity index (χ4v) is 2.99. The predicted octanol–water partition coefficient (Wildman–Crippen LogP) is 3.94. The van der Waals surface area contributed by atoms with Crippen LogP contribution in [0.5, 0.6) is 0 Å². The van der Waals surface area contributed by atoms with Crippen LogP contribution >= 0.6 is 11.6 Å². The van der Waals surface area contributed by atoms with E-state index in [4.69, 9.17) is 21.1 Å². The Labute approximate surface area is 135 Å². The van der Waals surface area contributed by atoms with Crippen LogP contribution in [0.25, 0.3) is 11.3 Å². The van der Waals surface area contributed by atoms with E-state index >= 15 is 0 Å². The summed E-state index contributed by atoms with van der Waals surface area (Å²) in [7, 11) is 3.04. The maximum Gasteiger partial charge on any atom is 0.341 e. The molecule has 1 aromatic carbocycles. The molecule has 2 aromatic rings. The molecule has 0 radical (unpaired) electrons. The molecule has 0 aliphatic rings. The molecule has 0 aliphatic carbocycles. The Hall–Kier alpha value is -1.78. The van der Waals surface area contributed by atoms with Gasteiger partial charge in [0.1, 0.15) is 0 Å². The highest BCUT2D eigenvalue weighted by molar-refractivity contribution is 6.36. The predicted molar refractivity (Wildman–Crippen MR) is 87.4 cm³/mol. The number of ether oxygens (including phenoxy) is 2. The third-order valence-corrected chi connectivity index (χ3v) is 4.00. The van der Waals surface area contributed by atoms with Gasteiger partial charge in [0.25, 0.3) is 0 Å². The Bertz CT molecular complexity index is 650. The van der Waals surface area contributed by atoms with Gasteiger partial charge in [0.2, 0.25) is 0 Å². The Morgan fingerprint density at radius 1 is 1.23 bits per heavy atom. The van der Waals surface area contributed by atoms with Crippen molar-refractivity contribution in [1.82, 2.24) is 4.57 Å². The van der Waals surface area contributed by atoms with Gasteiger partial charge in [-0.15, -0.1) is 0 Å². The normalized spacial score (nSPS) is 10.7. The molecular weight excluding hydrogens is 302 g/mol. The van der Waals surface area contributed by atoms with Crippen molar-refractivity contribution in [1.29, 1.82) is 0 Å². The smallest absolute Gasteiger partial charge is 0.341 e. The molecule has 118 valence electrons. The van der Waals surface area contributed by atoms with E-state index in [9.17, 15) is 4.79 Å². The third kappa shape index (κ3) is 3.18. The van der Waals surface area contributed by atoms with Crippen molar-refractivity contribution >= 4 is 17.6 Å². The van der Waals surface area contributed by atoms with Crippen molar-refractivity contribution < 1.29 is 14.3 Å². The number of rotatable bonds is 6. The molecule has 1 heterocycles. The summed E-state index contributed by atoms with van der Waals surface area (Å²) in [6.45, 7) is 3.26. The van der Waals surface area contributed by atoms with Gasteiger partial charge in [0.15, 0.2) is 0 Å². The van der Waals surface area contributed by atoms with E-state index in [0.29, 0.717) is 17.2 Å². The van der Waals surface area contributed by atoms with Crippen LogP contribution in [0.4, 0.5) is 0 Å². The quantitative estimate of drug-likeness (QED) is 0.597. The van der Waals surface area contributed by atoms with Crippen LogP contribution in [0.1, 0.15) is 22.5 Å². The SMILES string of the molecule is COCCCn1c(C)c(C(=O)OC)c(Cl)c1-c1ccccc1. The Balaban J connectivity index is 2.56. The largest absolute Gasteiger partial charge is 0.465 e. The Morgan fingerprint density at radius 3 is 2.50 bits per heavy atom. The minimum absolute atomic E-state index is 0.412. The van der Waals surface area contributed by atoms with Crippen LogP contribution in [0.15, 0.2) is 30.3 Å². The first kappa shape index (κ1) is 16.6. The lowest BCUT2D eigenvalue weighted by Gasteiger charge is -2.12. The average Bonchev–Trinajstić information content (AvgIpc) is 2.78. The van der Waals surface area contributed by atoms with Crippen LogP contribution in [-0.2, 0) is 16.0 Å². The molecule has 5 heteroatoms. The van der Waals surface area contributed by atoms with Crippen molar-refractivity contribution in [2.75, 3.05) is 20.8 Å². The van der Waals surface area contributed by atoms with Gasteiger partial charge in [-0.3, -0.25) is 0 Å².